The standard InChI is InChI=1S/C19H27N5O/c1-15-21-18-17(7-5-8-20-18)19(22-15)24-11-6-12-25-16(14-24)13-23-9-3-2-4-10-23/h5,7-8,16H,2-4,6,9-14H2,1H3. The first-order valence-electron chi connectivity index (χ1n) is 9.48. The van der Waals surface area contributed by atoms with Gasteiger partial charge in [0.2, 0.25) is 0 Å². The summed E-state index contributed by atoms with van der Waals surface area (Å²) in [5, 5.41) is 1.03. The van der Waals surface area contributed by atoms with Gasteiger partial charge < -0.3 is 14.5 Å². The van der Waals surface area contributed by atoms with Crippen molar-refractivity contribution in [2.75, 3.05) is 44.2 Å². The lowest BCUT2D eigenvalue weighted by Crippen LogP contribution is -2.42. The first-order valence-corrected chi connectivity index (χ1v) is 9.48. The number of hydrogen-bond acceptors (Lipinski definition) is 6. The molecule has 0 N–H and O–H groups in total. The fourth-order valence-electron chi connectivity index (χ4n) is 3.92. The smallest absolute Gasteiger partial charge is 0.164 e. The highest BCUT2D eigenvalue weighted by Crippen LogP contribution is 2.24. The van der Waals surface area contributed by atoms with Crippen LogP contribution in [-0.2, 0) is 4.74 Å². The third-order valence-electron chi connectivity index (χ3n) is 5.12. The van der Waals surface area contributed by atoms with Gasteiger partial charge in [-0.25, -0.2) is 15.0 Å². The van der Waals surface area contributed by atoms with Crippen molar-refractivity contribution in [3.8, 4) is 0 Å². The van der Waals surface area contributed by atoms with Crippen LogP contribution in [0.25, 0.3) is 11.0 Å². The Labute approximate surface area is 149 Å². The molecule has 2 aliphatic heterocycles. The highest BCUT2D eigenvalue weighted by molar-refractivity contribution is 5.86. The number of ether oxygens (including phenoxy) is 1. The first-order chi connectivity index (χ1) is 12.3. The number of likely N-dealkylation sites (tertiary alicyclic amines) is 1. The highest BCUT2D eigenvalue weighted by Gasteiger charge is 2.24. The molecule has 6 nitrogen and oxygen atoms in total. The summed E-state index contributed by atoms with van der Waals surface area (Å²) >= 11 is 0. The van der Waals surface area contributed by atoms with Crippen LogP contribution in [0.5, 0.6) is 0 Å². The molecule has 0 spiro atoms. The van der Waals surface area contributed by atoms with Crippen molar-refractivity contribution in [3.63, 3.8) is 0 Å². The van der Waals surface area contributed by atoms with Gasteiger partial charge in [-0.05, 0) is 51.4 Å². The molecular formula is C19H27N5O. The predicted molar refractivity (Wildman–Crippen MR) is 98.9 cm³/mol. The quantitative estimate of drug-likeness (QED) is 0.855. The Hall–Kier alpha value is -1.79. The molecule has 2 aromatic heterocycles. The summed E-state index contributed by atoms with van der Waals surface area (Å²) in [5.41, 5.74) is 0.780. The summed E-state index contributed by atoms with van der Waals surface area (Å²) in [6, 6.07) is 4.03. The Kier molecular flexibility index (Phi) is 5.08. The second-order valence-corrected chi connectivity index (χ2v) is 7.12. The van der Waals surface area contributed by atoms with Crippen LogP contribution in [0.3, 0.4) is 0 Å². The molecule has 2 aliphatic rings. The van der Waals surface area contributed by atoms with Crippen LogP contribution in [0.15, 0.2) is 18.3 Å². The Balaban J connectivity index is 1.56. The van der Waals surface area contributed by atoms with Crippen LogP contribution in [0.2, 0.25) is 0 Å². The first kappa shape index (κ1) is 16.7. The molecule has 1 atom stereocenters. The van der Waals surface area contributed by atoms with Gasteiger partial charge in [-0.15, -0.1) is 0 Å². The highest BCUT2D eigenvalue weighted by atomic mass is 16.5. The van der Waals surface area contributed by atoms with Gasteiger partial charge in [0, 0.05) is 32.4 Å². The second kappa shape index (κ2) is 7.62. The third-order valence-corrected chi connectivity index (χ3v) is 5.12. The van der Waals surface area contributed by atoms with E-state index in [1.807, 2.05) is 13.0 Å². The number of aryl methyl sites for hydroxylation is 1. The molecule has 0 saturated carbocycles. The molecule has 134 valence electrons. The Bertz CT molecular complexity index is 716. The van der Waals surface area contributed by atoms with Crippen molar-refractivity contribution in [1.82, 2.24) is 19.9 Å². The second-order valence-electron chi connectivity index (χ2n) is 7.12. The molecule has 0 bridgehead atoms. The monoisotopic (exact) mass is 341 g/mol. The van der Waals surface area contributed by atoms with Gasteiger partial charge in [-0.2, -0.15) is 0 Å². The molecule has 4 heterocycles. The lowest BCUT2D eigenvalue weighted by molar-refractivity contribution is 0.0350. The van der Waals surface area contributed by atoms with Crippen molar-refractivity contribution in [3.05, 3.63) is 24.2 Å². The normalized spacial score (nSPS) is 22.9. The SMILES string of the molecule is Cc1nc(N2CCCOC(CN3CCCCC3)C2)c2cccnc2n1. The number of aromatic nitrogens is 3. The van der Waals surface area contributed by atoms with Gasteiger partial charge in [-0.3, -0.25) is 0 Å². The minimum absolute atomic E-state index is 0.239. The van der Waals surface area contributed by atoms with Gasteiger partial charge in [0.25, 0.3) is 0 Å². The third kappa shape index (κ3) is 3.90. The summed E-state index contributed by atoms with van der Waals surface area (Å²) in [6.07, 6.45) is 7.07. The van der Waals surface area contributed by atoms with E-state index in [0.29, 0.717) is 0 Å². The zero-order chi connectivity index (χ0) is 17.1. The van der Waals surface area contributed by atoms with E-state index in [4.69, 9.17) is 9.72 Å². The Morgan fingerprint density at radius 2 is 2.00 bits per heavy atom. The average Bonchev–Trinajstić information content (AvgIpc) is 2.87. The van der Waals surface area contributed by atoms with E-state index in [1.165, 1.54) is 32.4 Å². The molecule has 0 aromatic carbocycles. The maximum atomic E-state index is 6.16. The summed E-state index contributed by atoms with van der Waals surface area (Å²) in [6.45, 7) is 8.07. The lowest BCUT2D eigenvalue weighted by Gasteiger charge is -2.32. The topological polar surface area (TPSA) is 54.4 Å². The van der Waals surface area contributed by atoms with Crippen molar-refractivity contribution < 1.29 is 4.74 Å². The molecule has 2 fully saturated rings. The van der Waals surface area contributed by atoms with Crippen LogP contribution in [0, 0.1) is 6.92 Å². The fourth-order valence-corrected chi connectivity index (χ4v) is 3.92. The molecule has 0 radical (unpaired) electrons. The van der Waals surface area contributed by atoms with Crippen molar-refractivity contribution in [2.45, 2.75) is 38.7 Å². The summed E-state index contributed by atoms with van der Waals surface area (Å²) in [7, 11) is 0. The van der Waals surface area contributed by atoms with Gasteiger partial charge in [0.05, 0.1) is 11.5 Å². The van der Waals surface area contributed by atoms with Crippen molar-refractivity contribution in [1.29, 1.82) is 0 Å². The number of rotatable bonds is 3. The van der Waals surface area contributed by atoms with Gasteiger partial charge in [-0.1, -0.05) is 6.42 Å². The number of pyridine rings is 1. The predicted octanol–water partition coefficient (Wildman–Crippen LogP) is 2.41. The number of nitrogens with zero attached hydrogens (tertiary/aromatic N) is 5. The van der Waals surface area contributed by atoms with Gasteiger partial charge >= 0.3 is 0 Å². The van der Waals surface area contributed by atoms with E-state index in [9.17, 15) is 0 Å². The van der Waals surface area contributed by atoms with E-state index in [-0.39, 0.29) is 6.10 Å². The van der Waals surface area contributed by atoms with E-state index >= 15 is 0 Å². The van der Waals surface area contributed by atoms with E-state index in [1.54, 1.807) is 6.20 Å². The van der Waals surface area contributed by atoms with Crippen LogP contribution in [0.4, 0.5) is 5.82 Å². The summed E-state index contributed by atoms with van der Waals surface area (Å²) < 4.78 is 6.16. The van der Waals surface area contributed by atoms with Crippen molar-refractivity contribution >= 4 is 16.9 Å². The van der Waals surface area contributed by atoms with E-state index < -0.39 is 0 Å². The Morgan fingerprint density at radius 1 is 1.12 bits per heavy atom. The summed E-state index contributed by atoms with van der Waals surface area (Å²) in [5.74, 6) is 1.78. The van der Waals surface area contributed by atoms with Crippen LogP contribution in [0.1, 0.15) is 31.5 Å². The van der Waals surface area contributed by atoms with E-state index in [0.717, 1.165) is 55.3 Å². The number of fused-ring (bicyclic) bond motifs is 1. The maximum Gasteiger partial charge on any atom is 0.164 e. The molecule has 6 heteroatoms. The minimum Gasteiger partial charge on any atom is -0.375 e. The lowest BCUT2D eigenvalue weighted by atomic mass is 10.1. The number of piperidine rings is 1. The molecule has 0 amide bonds. The average molecular weight is 341 g/mol. The minimum atomic E-state index is 0.239. The van der Waals surface area contributed by atoms with Crippen molar-refractivity contribution in [2.24, 2.45) is 0 Å². The van der Waals surface area contributed by atoms with Gasteiger partial charge in [0.15, 0.2) is 5.65 Å². The summed E-state index contributed by atoms with van der Waals surface area (Å²) in [4.78, 5) is 18.6. The van der Waals surface area contributed by atoms with Gasteiger partial charge in [0.1, 0.15) is 11.6 Å². The Morgan fingerprint density at radius 3 is 2.88 bits per heavy atom. The molecule has 2 saturated heterocycles. The van der Waals surface area contributed by atoms with Crippen LogP contribution >= 0.6 is 0 Å². The molecular weight excluding hydrogens is 314 g/mol. The number of hydrogen-bond donors (Lipinski definition) is 0. The molecule has 2 aromatic rings. The zero-order valence-corrected chi connectivity index (χ0v) is 15.0. The van der Waals surface area contributed by atoms with Crippen LogP contribution in [-0.4, -0.2) is 65.3 Å². The van der Waals surface area contributed by atoms with Crippen LogP contribution < -0.4 is 4.90 Å². The molecule has 25 heavy (non-hydrogen) atoms. The maximum absolute atomic E-state index is 6.16. The molecule has 1 unspecified atom stereocenters. The number of anilines is 1. The zero-order valence-electron chi connectivity index (χ0n) is 15.0. The molecule has 0 aliphatic carbocycles. The largest absolute Gasteiger partial charge is 0.375 e. The molecule has 4 rings (SSSR count). The fraction of sp³-hybridized carbons (Fsp3) is 0.632. The van der Waals surface area contributed by atoms with E-state index in [2.05, 4.69) is 25.8 Å².